The zero-order valence-electron chi connectivity index (χ0n) is 14.7. The summed E-state index contributed by atoms with van der Waals surface area (Å²) in [7, 11) is 0. The lowest BCUT2D eigenvalue weighted by molar-refractivity contribution is 0.298. The second kappa shape index (κ2) is 7.47. The van der Waals surface area contributed by atoms with Gasteiger partial charge in [0.05, 0.1) is 12.1 Å². The molecule has 0 aliphatic carbocycles. The molecule has 4 heteroatoms. The second-order valence-electron chi connectivity index (χ2n) is 6.55. The zero-order chi connectivity index (χ0) is 16.9. The number of rotatable bonds is 7. The maximum absolute atomic E-state index is 6.04. The van der Waals surface area contributed by atoms with Crippen LogP contribution in [0, 0.1) is 6.92 Å². The minimum Gasteiger partial charge on any atom is -0.493 e. The predicted molar refractivity (Wildman–Crippen MR) is 97.5 cm³/mol. The quantitative estimate of drug-likeness (QED) is 0.591. The van der Waals surface area contributed by atoms with Crippen molar-refractivity contribution >= 4 is 11.0 Å². The van der Waals surface area contributed by atoms with E-state index in [2.05, 4.69) is 55.3 Å². The van der Waals surface area contributed by atoms with Crippen molar-refractivity contribution in [1.29, 1.82) is 0 Å². The number of aryl methyl sites for hydroxylation is 2. The summed E-state index contributed by atoms with van der Waals surface area (Å²) in [6, 6.07) is 14.5. The van der Waals surface area contributed by atoms with Crippen LogP contribution in [0.2, 0.25) is 0 Å². The van der Waals surface area contributed by atoms with E-state index in [4.69, 9.17) is 4.74 Å². The summed E-state index contributed by atoms with van der Waals surface area (Å²) < 4.78 is 8.01. The maximum Gasteiger partial charge on any atom is 0.122 e. The molecule has 0 saturated heterocycles. The lowest BCUT2D eigenvalue weighted by Crippen LogP contribution is -2.05. The third-order valence-corrected chi connectivity index (χ3v) is 4.23. The molecule has 2 aromatic carbocycles. The molecule has 1 heterocycles. The van der Waals surface area contributed by atoms with Gasteiger partial charge >= 0.3 is 0 Å². The van der Waals surface area contributed by atoms with Gasteiger partial charge in [0.25, 0.3) is 0 Å². The van der Waals surface area contributed by atoms with E-state index in [9.17, 15) is 0 Å². The van der Waals surface area contributed by atoms with Crippen LogP contribution < -0.4 is 4.74 Å². The third kappa shape index (κ3) is 3.75. The van der Waals surface area contributed by atoms with E-state index in [1.54, 1.807) is 0 Å². The van der Waals surface area contributed by atoms with E-state index in [1.807, 2.05) is 22.9 Å². The molecule has 0 fully saturated rings. The van der Waals surface area contributed by atoms with Gasteiger partial charge in [-0.2, -0.15) is 0 Å². The van der Waals surface area contributed by atoms with Crippen molar-refractivity contribution in [3.63, 3.8) is 0 Å². The van der Waals surface area contributed by atoms with Gasteiger partial charge in [0.1, 0.15) is 11.3 Å². The van der Waals surface area contributed by atoms with Crippen LogP contribution in [-0.2, 0) is 6.54 Å². The van der Waals surface area contributed by atoms with Gasteiger partial charge in [-0.25, -0.2) is 4.68 Å². The minimum atomic E-state index is 0.474. The largest absolute Gasteiger partial charge is 0.493 e. The normalized spacial score (nSPS) is 11.3. The van der Waals surface area contributed by atoms with Crippen molar-refractivity contribution in [3.05, 3.63) is 53.6 Å². The number of aromatic nitrogens is 3. The lowest BCUT2D eigenvalue weighted by Gasteiger charge is -2.15. The van der Waals surface area contributed by atoms with Gasteiger partial charge in [-0.15, -0.1) is 5.10 Å². The van der Waals surface area contributed by atoms with Gasteiger partial charge in [-0.05, 0) is 55.0 Å². The molecule has 0 bridgehead atoms. The van der Waals surface area contributed by atoms with Crippen LogP contribution in [0.4, 0.5) is 0 Å². The first-order valence-corrected chi connectivity index (χ1v) is 8.67. The Balaban J connectivity index is 1.52. The molecular formula is C20H25N3O. The van der Waals surface area contributed by atoms with Crippen LogP contribution in [0.5, 0.6) is 5.75 Å². The van der Waals surface area contributed by atoms with Crippen molar-refractivity contribution in [1.82, 2.24) is 15.0 Å². The number of nitrogens with zero attached hydrogens (tertiary/aromatic N) is 3. The van der Waals surface area contributed by atoms with Gasteiger partial charge < -0.3 is 4.74 Å². The van der Waals surface area contributed by atoms with E-state index in [1.165, 1.54) is 11.1 Å². The molecule has 0 saturated carbocycles. The van der Waals surface area contributed by atoms with Gasteiger partial charge in [-0.1, -0.05) is 43.3 Å². The summed E-state index contributed by atoms with van der Waals surface area (Å²) >= 11 is 0. The highest BCUT2D eigenvalue weighted by molar-refractivity contribution is 5.73. The average Bonchev–Trinajstić information content (AvgIpc) is 2.98. The Bertz CT molecular complexity index is 808. The van der Waals surface area contributed by atoms with E-state index in [-0.39, 0.29) is 0 Å². The predicted octanol–water partition coefficient (Wildman–Crippen LogP) is 4.72. The van der Waals surface area contributed by atoms with E-state index >= 15 is 0 Å². The minimum absolute atomic E-state index is 0.474. The molecule has 0 atom stereocenters. The topological polar surface area (TPSA) is 39.9 Å². The Kier molecular flexibility index (Phi) is 5.14. The number of benzene rings is 2. The molecule has 0 N–H and O–H groups in total. The Labute approximate surface area is 143 Å². The molecule has 0 spiro atoms. The highest BCUT2D eigenvalue weighted by Gasteiger charge is 2.08. The third-order valence-electron chi connectivity index (χ3n) is 4.23. The standard InChI is InChI=1S/C20H25N3O/c1-15(2)17-11-10-16(3)14-20(17)24-13-7-6-12-23-19-9-5-4-8-18(19)21-22-23/h4-5,8-11,14-15H,6-7,12-13H2,1-3H3. The zero-order valence-corrected chi connectivity index (χ0v) is 14.7. The summed E-state index contributed by atoms with van der Waals surface area (Å²) in [5.74, 6) is 1.50. The van der Waals surface area contributed by atoms with Gasteiger partial charge in [0.15, 0.2) is 0 Å². The van der Waals surface area contributed by atoms with Gasteiger partial charge in [0.2, 0.25) is 0 Å². The molecule has 0 radical (unpaired) electrons. The molecular weight excluding hydrogens is 298 g/mol. The van der Waals surface area contributed by atoms with Crippen molar-refractivity contribution in [2.75, 3.05) is 6.61 Å². The number of para-hydroxylation sites is 1. The fourth-order valence-electron chi connectivity index (χ4n) is 2.87. The summed E-state index contributed by atoms with van der Waals surface area (Å²) in [5.41, 5.74) is 4.57. The van der Waals surface area contributed by atoms with Crippen LogP contribution in [0.15, 0.2) is 42.5 Å². The fraction of sp³-hybridized carbons (Fsp3) is 0.400. The summed E-state index contributed by atoms with van der Waals surface area (Å²) in [6.45, 7) is 8.11. The van der Waals surface area contributed by atoms with Crippen molar-refractivity contribution in [2.24, 2.45) is 0 Å². The second-order valence-corrected chi connectivity index (χ2v) is 6.55. The van der Waals surface area contributed by atoms with Crippen LogP contribution in [0.3, 0.4) is 0 Å². The molecule has 126 valence electrons. The fourth-order valence-corrected chi connectivity index (χ4v) is 2.87. The van der Waals surface area contributed by atoms with Crippen LogP contribution >= 0.6 is 0 Å². The van der Waals surface area contributed by atoms with Crippen molar-refractivity contribution in [3.8, 4) is 5.75 Å². The Morgan fingerprint density at radius 3 is 2.75 bits per heavy atom. The van der Waals surface area contributed by atoms with E-state index < -0.39 is 0 Å². The number of ether oxygens (including phenoxy) is 1. The molecule has 0 unspecified atom stereocenters. The first-order valence-electron chi connectivity index (χ1n) is 8.67. The maximum atomic E-state index is 6.04. The molecule has 4 nitrogen and oxygen atoms in total. The highest BCUT2D eigenvalue weighted by atomic mass is 16.5. The van der Waals surface area contributed by atoms with Gasteiger partial charge in [0, 0.05) is 6.54 Å². The van der Waals surface area contributed by atoms with E-state index in [0.29, 0.717) is 5.92 Å². The van der Waals surface area contributed by atoms with Gasteiger partial charge in [-0.3, -0.25) is 0 Å². The Morgan fingerprint density at radius 2 is 1.92 bits per heavy atom. The molecule has 3 aromatic rings. The number of hydrogen-bond donors (Lipinski definition) is 0. The molecule has 24 heavy (non-hydrogen) atoms. The average molecular weight is 323 g/mol. The molecule has 3 rings (SSSR count). The van der Waals surface area contributed by atoms with Crippen molar-refractivity contribution < 1.29 is 4.74 Å². The Hall–Kier alpha value is -2.36. The first kappa shape index (κ1) is 16.5. The smallest absolute Gasteiger partial charge is 0.122 e. The number of unbranched alkanes of at least 4 members (excludes halogenated alkanes) is 1. The first-order chi connectivity index (χ1) is 11.6. The molecule has 0 amide bonds. The molecule has 0 aliphatic heterocycles. The van der Waals surface area contributed by atoms with Crippen LogP contribution in [0.25, 0.3) is 11.0 Å². The van der Waals surface area contributed by atoms with E-state index in [0.717, 1.165) is 42.8 Å². The Morgan fingerprint density at radius 1 is 1.08 bits per heavy atom. The van der Waals surface area contributed by atoms with Crippen molar-refractivity contribution in [2.45, 2.75) is 46.1 Å². The number of fused-ring (bicyclic) bond motifs is 1. The highest BCUT2D eigenvalue weighted by Crippen LogP contribution is 2.27. The SMILES string of the molecule is Cc1ccc(C(C)C)c(OCCCCn2nnc3ccccc32)c1. The summed E-state index contributed by atoms with van der Waals surface area (Å²) in [6.07, 6.45) is 2.02. The van der Waals surface area contributed by atoms with Crippen LogP contribution in [-0.4, -0.2) is 21.6 Å². The monoisotopic (exact) mass is 323 g/mol. The molecule has 1 aromatic heterocycles. The summed E-state index contributed by atoms with van der Waals surface area (Å²) in [5, 5.41) is 8.41. The number of hydrogen-bond acceptors (Lipinski definition) is 3. The molecule has 0 aliphatic rings. The van der Waals surface area contributed by atoms with Crippen LogP contribution in [0.1, 0.15) is 43.7 Å². The lowest BCUT2D eigenvalue weighted by atomic mass is 10.0. The summed E-state index contributed by atoms with van der Waals surface area (Å²) in [4.78, 5) is 0.